The predicted molar refractivity (Wildman–Crippen MR) is 84.0 cm³/mol. The lowest BCUT2D eigenvalue weighted by atomic mass is 9.67. The van der Waals surface area contributed by atoms with Gasteiger partial charge < -0.3 is 14.2 Å². The summed E-state index contributed by atoms with van der Waals surface area (Å²) in [7, 11) is 0. The molecule has 0 spiro atoms. The lowest BCUT2D eigenvalue weighted by molar-refractivity contribution is -0.226. The van der Waals surface area contributed by atoms with Gasteiger partial charge in [0.2, 0.25) is 0 Å². The third-order valence-electron chi connectivity index (χ3n) is 6.57. The summed E-state index contributed by atoms with van der Waals surface area (Å²) in [6.07, 6.45) is -6.05. The summed E-state index contributed by atoms with van der Waals surface area (Å²) < 4.78 is 56.1. The number of ether oxygens (including phenoxy) is 3. The number of carbonyl (C=O) groups is 3. The second-order valence-corrected chi connectivity index (χ2v) is 8.45. The number of hydrogen-bond donors (Lipinski definition) is 0. The zero-order valence-corrected chi connectivity index (χ0v) is 15.6. The predicted octanol–water partition coefficient (Wildman–Crippen LogP) is 2.64. The van der Waals surface area contributed by atoms with E-state index in [4.69, 9.17) is 14.2 Å². The minimum Gasteiger partial charge on any atom is -0.458 e. The number of hydrogen-bond acceptors (Lipinski definition) is 6. The Hall–Kier alpha value is -1.80. The van der Waals surface area contributed by atoms with Crippen molar-refractivity contribution < 1.29 is 41.8 Å². The Morgan fingerprint density at radius 3 is 2.48 bits per heavy atom. The van der Waals surface area contributed by atoms with Crippen LogP contribution in [0.2, 0.25) is 0 Å². The van der Waals surface area contributed by atoms with Crippen molar-refractivity contribution in [2.24, 2.45) is 28.6 Å². The third kappa shape index (κ3) is 2.89. The van der Waals surface area contributed by atoms with Gasteiger partial charge in [-0.05, 0) is 33.6 Å². The van der Waals surface area contributed by atoms with Crippen molar-refractivity contribution in [3.63, 3.8) is 0 Å². The van der Waals surface area contributed by atoms with Crippen molar-refractivity contribution in [3.05, 3.63) is 0 Å². The molecule has 1 saturated heterocycles. The molecule has 0 aromatic heterocycles. The third-order valence-corrected chi connectivity index (χ3v) is 6.57. The fourth-order valence-electron chi connectivity index (χ4n) is 4.69. The maximum atomic E-state index is 13.6. The van der Waals surface area contributed by atoms with Crippen LogP contribution in [-0.4, -0.2) is 42.9 Å². The molecule has 6 unspecified atom stereocenters. The fourth-order valence-corrected chi connectivity index (χ4v) is 4.69. The average Bonchev–Trinajstić information content (AvgIpc) is 3.11. The van der Waals surface area contributed by atoms with Crippen LogP contribution in [0.1, 0.15) is 40.5 Å². The van der Waals surface area contributed by atoms with Crippen molar-refractivity contribution >= 4 is 17.9 Å². The largest absolute Gasteiger partial charge is 0.458 e. The highest BCUT2D eigenvalue weighted by Gasteiger charge is 2.79. The maximum Gasteiger partial charge on any atom is 0.393 e. The first-order chi connectivity index (χ1) is 12.3. The van der Waals surface area contributed by atoms with Crippen LogP contribution in [0.25, 0.3) is 0 Å². The van der Waals surface area contributed by atoms with Crippen LogP contribution in [0.5, 0.6) is 0 Å². The molecule has 152 valence electrons. The van der Waals surface area contributed by atoms with Crippen molar-refractivity contribution in [2.75, 3.05) is 6.61 Å². The van der Waals surface area contributed by atoms with E-state index >= 15 is 0 Å². The van der Waals surface area contributed by atoms with Crippen LogP contribution in [0.4, 0.5) is 13.2 Å². The molecule has 2 bridgehead atoms. The monoisotopic (exact) mass is 392 g/mol. The molecular weight excluding hydrogens is 369 g/mol. The smallest absolute Gasteiger partial charge is 0.393 e. The van der Waals surface area contributed by atoms with Crippen molar-refractivity contribution in [2.45, 2.75) is 58.9 Å². The maximum absolute atomic E-state index is 13.6. The number of halogens is 3. The molecule has 0 N–H and O–H groups in total. The SMILES string of the molecule is CCC(C)(C)C(=O)OCC(=O)OC1C2CC3C1OC(=O)C3(C)C2C(F)(F)F. The molecule has 9 heteroatoms. The fraction of sp³-hybridized carbons (Fsp3) is 0.833. The summed E-state index contributed by atoms with van der Waals surface area (Å²) >= 11 is 0. The van der Waals surface area contributed by atoms with E-state index in [-0.39, 0.29) is 6.42 Å². The number of alkyl halides is 3. The first kappa shape index (κ1) is 19.9. The van der Waals surface area contributed by atoms with E-state index in [0.717, 1.165) is 0 Å². The quantitative estimate of drug-likeness (QED) is 0.529. The summed E-state index contributed by atoms with van der Waals surface area (Å²) in [6, 6.07) is 0. The lowest BCUT2D eigenvalue weighted by Crippen LogP contribution is -2.51. The van der Waals surface area contributed by atoms with E-state index in [1.165, 1.54) is 6.92 Å². The van der Waals surface area contributed by atoms with Gasteiger partial charge in [-0.1, -0.05) is 6.92 Å². The first-order valence-corrected chi connectivity index (χ1v) is 8.98. The Bertz CT molecular complexity index is 672. The molecule has 1 heterocycles. The van der Waals surface area contributed by atoms with E-state index in [0.29, 0.717) is 6.42 Å². The van der Waals surface area contributed by atoms with E-state index in [1.54, 1.807) is 20.8 Å². The molecule has 3 fully saturated rings. The number of fused-ring (bicyclic) bond motifs is 1. The van der Waals surface area contributed by atoms with E-state index < -0.39 is 71.5 Å². The van der Waals surface area contributed by atoms with Crippen LogP contribution in [0, 0.1) is 28.6 Å². The first-order valence-electron chi connectivity index (χ1n) is 8.98. The molecule has 6 nitrogen and oxygen atoms in total. The minimum absolute atomic E-state index is 0.109. The van der Waals surface area contributed by atoms with Gasteiger partial charge in [-0.25, -0.2) is 4.79 Å². The number of esters is 3. The zero-order valence-electron chi connectivity index (χ0n) is 15.6. The average molecular weight is 392 g/mol. The molecule has 3 aliphatic rings. The van der Waals surface area contributed by atoms with Gasteiger partial charge in [-0.2, -0.15) is 13.2 Å². The highest BCUT2D eigenvalue weighted by Crippen LogP contribution is 2.68. The van der Waals surface area contributed by atoms with E-state index in [2.05, 4.69) is 0 Å². The van der Waals surface area contributed by atoms with Crippen molar-refractivity contribution in [1.29, 1.82) is 0 Å². The summed E-state index contributed by atoms with van der Waals surface area (Å²) in [5, 5.41) is 0. The number of carbonyl (C=O) groups excluding carboxylic acids is 3. The molecule has 6 atom stereocenters. The normalized spacial score (nSPS) is 37.3. The van der Waals surface area contributed by atoms with Crippen molar-refractivity contribution in [3.8, 4) is 0 Å². The molecule has 3 rings (SSSR count). The summed E-state index contributed by atoms with van der Waals surface area (Å²) in [5.74, 6) is -6.02. The van der Waals surface area contributed by atoms with E-state index in [9.17, 15) is 27.6 Å². The molecule has 0 amide bonds. The summed E-state index contributed by atoms with van der Waals surface area (Å²) in [5.41, 5.74) is -2.41. The Labute approximate surface area is 154 Å². The summed E-state index contributed by atoms with van der Waals surface area (Å²) in [6.45, 7) is 5.69. The highest BCUT2D eigenvalue weighted by atomic mass is 19.4. The Balaban J connectivity index is 1.69. The van der Waals surface area contributed by atoms with Gasteiger partial charge in [0, 0.05) is 11.8 Å². The Kier molecular flexibility index (Phi) is 4.51. The van der Waals surface area contributed by atoms with Crippen LogP contribution in [0.15, 0.2) is 0 Å². The zero-order chi connectivity index (χ0) is 20.4. The number of rotatable bonds is 5. The molecule has 0 aromatic carbocycles. The Morgan fingerprint density at radius 1 is 1.30 bits per heavy atom. The van der Waals surface area contributed by atoms with Crippen LogP contribution < -0.4 is 0 Å². The summed E-state index contributed by atoms with van der Waals surface area (Å²) in [4.78, 5) is 36.1. The van der Waals surface area contributed by atoms with Gasteiger partial charge in [0.1, 0.15) is 12.2 Å². The van der Waals surface area contributed by atoms with Gasteiger partial charge in [0.25, 0.3) is 0 Å². The molecule has 27 heavy (non-hydrogen) atoms. The second-order valence-electron chi connectivity index (χ2n) is 8.45. The minimum atomic E-state index is -4.61. The Morgan fingerprint density at radius 2 is 1.93 bits per heavy atom. The van der Waals surface area contributed by atoms with Crippen LogP contribution in [0.3, 0.4) is 0 Å². The molecule has 1 aliphatic heterocycles. The van der Waals surface area contributed by atoms with Gasteiger partial charge in [0.05, 0.1) is 16.7 Å². The lowest BCUT2D eigenvalue weighted by Gasteiger charge is -2.37. The second kappa shape index (κ2) is 6.10. The topological polar surface area (TPSA) is 78.9 Å². The molecule has 0 aromatic rings. The van der Waals surface area contributed by atoms with Crippen LogP contribution in [-0.2, 0) is 28.6 Å². The van der Waals surface area contributed by atoms with Gasteiger partial charge in [-0.3, -0.25) is 9.59 Å². The standard InChI is InChI=1S/C18H23F3O6/c1-5-16(2,3)14(23)25-7-10(22)26-11-8-6-9-12(11)27-15(24)17(9,4)13(8)18(19,20)21/h8-9,11-13H,5-7H2,1-4H3. The van der Waals surface area contributed by atoms with Crippen molar-refractivity contribution in [1.82, 2.24) is 0 Å². The molecule has 2 aliphatic carbocycles. The highest BCUT2D eigenvalue weighted by molar-refractivity contribution is 5.82. The van der Waals surface area contributed by atoms with Gasteiger partial charge >= 0.3 is 24.1 Å². The molecule has 0 radical (unpaired) electrons. The molecular formula is C18H23F3O6. The molecule has 2 saturated carbocycles. The van der Waals surface area contributed by atoms with Gasteiger partial charge in [0.15, 0.2) is 6.61 Å². The van der Waals surface area contributed by atoms with Crippen LogP contribution >= 0.6 is 0 Å². The van der Waals surface area contributed by atoms with Gasteiger partial charge in [-0.15, -0.1) is 0 Å². The van der Waals surface area contributed by atoms with E-state index in [1.807, 2.05) is 0 Å².